The molecule has 1 N–H and O–H groups in total. The zero-order chi connectivity index (χ0) is 12.1. The second-order valence-electron chi connectivity index (χ2n) is 4.18. The van der Waals surface area contributed by atoms with Crippen LogP contribution in [0.15, 0.2) is 36.9 Å². The van der Waals surface area contributed by atoms with E-state index in [9.17, 15) is 0 Å². The van der Waals surface area contributed by atoms with Gasteiger partial charge in [0.25, 0.3) is 0 Å². The lowest BCUT2D eigenvalue weighted by molar-refractivity contribution is 0.533. The van der Waals surface area contributed by atoms with Gasteiger partial charge in [0.15, 0.2) is 0 Å². The van der Waals surface area contributed by atoms with Gasteiger partial charge in [-0.3, -0.25) is 4.98 Å². The third kappa shape index (κ3) is 3.14. The monoisotopic (exact) mass is 230 g/mol. The first kappa shape index (κ1) is 11.8. The predicted octanol–water partition coefficient (Wildman–Crippen LogP) is 1.71. The first-order chi connectivity index (χ1) is 8.27. The van der Waals surface area contributed by atoms with Crippen molar-refractivity contribution in [2.75, 3.05) is 6.54 Å². The fourth-order valence-electron chi connectivity index (χ4n) is 1.86. The standard InChI is InChI=1S/C13H18N4/c1-11(13-16-8-9-17(13)2)15-7-5-12-4-3-6-14-10-12/h3-4,6,8-11,15H,5,7H2,1-2H3. The van der Waals surface area contributed by atoms with Gasteiger partial charge >= 0.3 is 0 Å². The van der Waals surface area contributed by atoms with Crippen LogP contribution in [-0.2, 0) is 13.5 Å². The molecule has 0 saturated carbocycles. The summed E-state index contributed by atoms with van der Waals surface area (Å²) in [4.78, 5) is 8.43. The third-order valence-corrected chi connectivity index (χ3v) is 2.83. The smallest absolute Gasteiger partial charge is 0.125 e. The molecular weight excluding hydrogens is 212 g/mol. The molecule has 17 heavy (non-hydrogen) atoms. The quantitative estimate of drug-likeness (QED) is 0.850. The lowest BCUT2D eigenvalue weighted by atomic mass is 10.2. The van der Waals surface area contributed by atoms with Gasteiger partial charge in [-0.05, 0) is 31.5 Å². The van der Waals surface area contributed by atoms with E-state index in [2.05, 4.69) is 28.3 Å². The summed E-state index contributed by atoms with van der Waals surface area (Å²) in [5.41, 5.74) is 1.26. The van der Waals surface area contributed by atoms with Crippen LogP contribution in [0, 0.1) is 0 Å². The summed E-state index contributed by atoms with van der Waals surface area (Å²) in [7, 11) is 2.02. The molecule has 0 radical (unpaired) electrons. The minimum Gasteiger partial charge on any atom is -0.337 e. The molecule has 0 fully saturated rings. The second-order valence-corrected chi connectivity index (χ2v) is 4.18. The number of rotatable bonds is 5. The maximum atomic E-state index is 4.33. The zero-order valence-corrected chi connectivity index (χ0v) is 10.3. The Labute approximate surface area is 102 Å². The zero-order valence-electron chi connectivity index (χ0n) is 10.3. The van der Waals surface area contributed by atoms with Gasteiger partial charge < -0.3 is 9.88 Å². The second kappa shape index (κ2) is 5.59. The van der Waals surface area contributed by atoms with E-state index >= 15 is 0 Å². The van der Waals surface area contributed by atoms with E-state index in [-0.39, 0.29) is 6.04 Å². The molecule has 2 heterocycles. The van der Waals surface area contributed by atoms with E-state index in [1.54, 1.807) is 6.20 Å². The Balaban J connectivity index is 1.81. The van der Waals surface area contributed by atoms with Gasteiger partial charge in [0.1, 0.15) is 5.82 Å². The highest BCUT2D eigenvalue weighted by Gasteiger charge is 2.08. The minimum atomic E-state index is 0.270. The van der Waals surface area contributed by atoms with E-state index in [4.69, 9.17) is 0 Å². The van der Waals surface area contributed by atoms with Crippen molar-refractivity contribution >= 4 is 0 Å². The Bertz CT molecular complexity index is 449. The number of imidazole rings is 1. The van der Waals surface area contributed by atoms with Crippen molar-refractivity contribution < 1.29 is 0 Å². The molecule has 0 spiro atoms. The van der Waals surface area contributed by atoms with Crippen LogP contribution in [-0.4, -0.2) is 21.1 Å². The summed E-state index contributed by atoms with van der Waals surface area (Å²) in [5.74, 6) is 1.07. The van der Waals surface area contributed by atoms with Crippen molar-refractivity contribution in [2.45, 2.75) is 19.4 Å². The number of nitrogens with zero attached hydrogens (tertiary/aromatic N) is 3. The summed E-state index contributed by atoms with van der Waals surface area (Å²) in [6, 6.07) is 4.34. The fraction of sp³-hybridized carbons (Fsp3) is 0.385. The van der Waals surface area contributed by atoms with Crippen molar-refractivity contribution in [3.05, 3.63) is 48.3 Å². The molecule has 0 aliphatic rings. The SMILES string of the molecule is CC(NCCc1cccnc1)c1nccn1C. The van der Waals surface area contributed by atoms with Gasteiger partial charge in [-0.2, -0.15) is 0 Å². The van der Waals surface area contributed by atoms with Crippen molar-refractivity contribution in [3.8, 4) is 0 Å². The van der Waals surface area contributed by atoms with E-state index in [1.807, 2.05) is 36.3 Å². The first-order valence-corrected chi connectivity index (χ1v) is 5.87. The van der Waals surface area contributed by atoms with Crippen molar-refractivity contribution in [1.29, 1.82) is 0 Å². The molecule has 0 amide bonds. The van der Waals surface area contributed by atoms with Crippen LogP contribution in [0.25, 0.3) is 0 Å². The average molecular weight is 230 g/mol. The third-order valence-electron chi connectivity index (χ3n) is 2.83. The lowest BCUT2D eigenvalue weighted by Gasteiger charge is -2.13. The summed E-state index contributed by atoms with van der Waals surface area (Å²) in [5, 5.41) is 3.46. The molecule has 4 nitrogen and oxygen atoms in total. The Kier molecular flexibility index (Phi) is 3.88. The summed E-state index contributed by atoms with van der Waals surface area (Å²) >= 11 is 0. The number of pyridine rings is 1. The molecule has 0 aliphatic heterocycles. The number of hydrogen-bond acceptors (Lipinski definition) is 3. The lowest BCUT2D eigenvalue weighted by Crippen LogP contribution is -2.23. The number of nitrogens with one attached hydrogen (secondary N) is 1. The maximum Gasteiger partial charge on any atom is 0.125 e. The van der Waals surface area contributed by atoms with Crippen LogP contribution >= 0.6 is 0 Å². The molecule has 2 aromatic heterocycles. The number of aryl methyl sites for hydroxylation is 1. The van der Waals surface area contributed by atoms with E-state index in [0.717, 1.165) is 18.8 Å². The van der Waals surface area contributed by atoms with Crippen LogP contribution in [0.2, 0.25) is 0 Å². The molecule has 0 bridgehead atoms. The molecule has 0 aromatic carbocycles. The van der Waals surface area contributed by atoms with Crippen LogP contribution in [0.5, 0.6) is 0 Å². The normalized spacial score (nSPS) is 12.6. The van der Waals surface area contributed by atoms with E-state index < -0.39 is 0 Å². The molecule has 4 heteroatoms. The molecule has 90 valence electrons. The van der Waals surface area contributed by atoms with Crippen molar-refractivity contribution in [1.82, 2.24) is 19.9 Å². The molecular formula is C13H18N4. The van der Waals surface area contributed by atoms with Gasteiger partial charge in [-0.25, -0.2) is 4.98 Å². The van der Waals surface area contributed by atoms with Crippen molar-refractivity contribution in [3.63, 3.8) is 0 Å². The maximum absolute atomic E-state index is 4.33. The Morgan fingerprint density at radius 1 is 1.41 bits per heavy atom. The first-order valence-electron chi connectivity index (χ1n) is 5.87. The highest BCUT2D eigenvalue weighted by atomic mass is 15.1. The van der Waals surface area contributed by atoms with Gasteiger partial charge in [0, 0.05) is 31.8 Å². The summed E-state index contributed by atoms with van der Waals surface area (Å²) in [6.45, 7) is 3.06. The molecule has 1 atom stereocenters. The minimum absolute atomic E-state index is 0.270. The van der Waals surface area contributed by atoms with Crippen LogP contribution in [0.3, 0.4) is 0 Å². The Morgan fingerprint density at radius 3 is 2.94 bits per heavy atom. The summed E-state index contributed by atoms with van der Waals surface area (Å²) in [6.07, 6.45) is 8.49. The molecule has 2 rings (SSSR count). The van der Waals surface area contributed by atoms with Gasteiger partial charge in [-0.15, -0.1) is 0 Å². The van der Waals surface area contributed by atoms with Crippen LogP contribution in [0.1, 0.15) is 24.4 Å². The van der Waals surface area contributed by atoms with Gasteiger partial charge in [-0.1, -0.05) is 6.07 Å². The van der Waals surface area contributed by atoms with E-state index in [1.165, 1.54) is 5.56 Å². The highest BCUT2D eigenvalue weighted by Crippen LogP contribution is 2.08. The van der Waals surface area contributed by atoms with Crippen LogP contribution < -0.4 is 5.32 Å². The summed E-state index contributed by atoms with van der Waals surface area (Å²) < 4.78 is 2.04. The van der Waals surface area contributed by atoms with Crippen LogP contribution in [0.4, 0.5) is 0 Å². The molecule has 1 unspecified atom stereocenters. The highest BCUT2D eigenvalue weighted by molar-refractivity contribution is 5.08. The predicted molar refractivity (Wildman–Crippen MR) is 67.6 cm³/mol. The largest absolute Gasteiger partial charge is 0.337 e. The molecule has 2 aromatic rings. The van der Waals surface area contributed by atoms with Gasteiger partial charge in [0.05, 0.1) is 6.04 Å². The molecule has 0 aliphatic carbocycles. The van der Waals surface area contributed by atoms with Gasteiger partial charge in [0.2, 0.25) is 0 Å². The number of hydrogen-bond donors (Lipinski definition) is 1. The topological polar surface area (TPSA) is 42.7 Å². The van der Waals surface area contributed by atoms with E-state index in [0.29, 0.717) is 0 Å². The average Bonchev–Trinajstić information content (AvgIpc) is 2.77. The number of aromatic nitrogens is 3. The molecule has 0 saturated heterocycles. The van der Waals surface area contributed by atoms with Crippen molar-refractivity contribution in [2.24, 2.45) is 7.05 Å². The fourth-order valence-corrected chi connectivity index (χ4v) is 1.86. The Hall–Kier alpha value is -1.68. The Morgan fingerprint density at radius 2 is 2.29 bits per heavy atom.